The number of ketones is 1. The first kappa shape index (κ1) is 19.6. The van der Waals surface area contributed by atoms with Crippen LogP contribution in [0.25, 0.3) is 0 Å². The van der Waals surface area contributed by atoms with E-state index in [9.17, 15) is 9.59 Å². The second kappa shape index (κ2) is 8.70. The highest BCUT2D eigenvalue weighted by Gasteiger charge is 2.34. The topological polar surface area (TPSA) is 46.6 Å². The van der Waals surface area contributed by atoms with Gasteiger partial charge in [0, 0.05) is 17.1 Å². The van der Waals surface area contributed by atoms with E-state index in [2.05, 4.69) is 22.9 Å². The van der Waals surface area contributed by atoms with Gasteiger partial charge in [-0.05, 0) is 56.4 Å². The van der Waals surface area contributed by atoms with Crippen molar-refractivity contribution in [1.82, 2.24) is 4.90 Å². The second-order valence-electron chi connectivity index (χ2n) is 7.07. The fourth-order valence-corrected chi connectivity index (χ4v) is 3.56. The molecule has 0 unspecified atom stereocenters. The molecule has 0 N–H and O–H groups in total. The Morgan fingerprint density at radius 3 is 2.52 bits per heavy atom. The summed E-state index contributed by atoms with van der Waals surface area (Å²) in [6.45, 7) is 4.10. The zero-order chi connectivity index (χ0) is 19.4. The van der Waals surface area contributed by atoms with Gasteiger partial charge in [-0.15, -0.1) is 0 Å². The zero-order valence-corrected chi connectivity index (χ0v) is 17.2. The molecule has 5 heteroatoms. The summed E-state index contributed by atoms with van der Waals surface area (Å²) in [5, 5.41) is 0. The molecule has 2 aromatic carbocycles. The van der Waals surface area contributed by atoms with E-state index in [1.807, 2.05) is 35.2 Å². The van der Waals surface area contributed by atoms with Crippen molar-refractivity contribution < 1.29 is 14.3 Å². The molecule has 4 nitrogen and oxygen atoms in total. The Labute approximate surface area is 168 Å². The molecule has 2 aromatic rings. The number of Topliss-reactive ketones (excluding diaryl/α,β-unsaturated/α-hetero) is 1. The van der Waals surface area contributed by atoms with Crippen LogP contribution < -0.4 is 4.74 Å². The summed E-state index contributed by atoms with van der Waals surface area (Å²) < 4.78 is 6.56. The monoisotopic (exact) mass is 429 g/mol. The van der Waals surface area contributed by atoms with E-state index in [4.69, 9.17) is 4.74 Å². The Balaban J connectivity index is 1.72. The Kier molecular flexibility index (Phi) is 6.32. The number of hydrogen-bond acceptors (Lipinski definition) is 3. The van der Waals surface area contributed by atoms with E-state index < -0.39 is 0 Å². The third kappa shape index (κ3) is 5.19. The molecule has 1 saturated carbocycles. The molecule has 1 amide bonds. The quantitative estimate of drug-likeness (QED) is 0.562. The maximum Gasteiger partial charge on any atom is 0.261 e. The van der Waals surface area contributed by atoms with Crippen LogP contribution in [0, 0.1) is 5.92 Å². The van der Waals surface area contributed by atoms with Crippen molar-refractivity contribution in [3.8, 4) is 5.75 Å². The van der Waals surface area contributed by atoms with Gasteiger partial charge in [-0.25, -0.2) is 0 Å². The zero-order valence-electron chi connectivity index (χ0n) is 15.7. The van der Waals surface area contributed by atoms with Crippen molar-refractivity contribution in [2.24, 2.45) is 5.92 Å². The lowest BCUT2D eigenvalue weighted by atomic mass is 10.1. The first-order valence-corrected chi connectivity index (χ1v) is 10.0. The molecule has 27 heavy (non-hydrogen) atoms. The number of carbonyl (C=O) groups is 2. The molecule has 1 atom stereocenters. The van der Waals surface area contributed by atoms with Gasteiger partial charge in [0.05, 0.1) is 5.56 Å². The Bertz CT molecular complexity index is 818. The summed E-state index contributed by atoms with van der Waals surface area (Å²) in [5.41, 5.74) is 1.58. The van der Waals surface area contributed by atoms with Crippen LogP contribution >= 0.6 is 15.9 Å². The molecular weight excluding hydrogens is 406 g/mol. The van der Waals surface area contributed by atoms with E-state index in [-0.39, 0.29) is 24.3 Å². The summed E-state index contributed by atoms with van der Waals surface area (Å²) in [6, 6.07) is 15.4. The second-order valence-corrected chi connectivity index (χ2v) is 7.99. The van der Waals surface area contributed by atoms with Crippen LogP contribution in [0.1, 0.15) is 42.6 Å². The van der Waals surface area contributed by atoms with Gasteiger partial charge in [0.15, 0.2) is 12.4 Å². The third-order valence-electron chi connectivity index (χ3n) is 4.98. The molecule has 3 rings (SSSR count). The highest BCUT2D eigenvalue weighted by Crippen LogP contribution is 2.35. The molecular formula is C22H24BrNO3. The van der Waals surface area contributed by atoms with Crippen LogP contribution in [0.15, 0.2) is 53.0 Å². The van der Waals surface area contributed by atoms with Gasteiger partial charge in [0.25, 0.3) is 5.91 Å². The number of hydrogen-bond donors (Lipinski definition) is 0. The largest absolute Gasteiger partial charge is 0.483 e. The van der Waals surface area contributed by atoms with Crippen molar-refractivity contribution in [2.75, 3.05) is 6.61 Å². The van der Waals surface area contributed by atoms with Crippen LogP contribution in [0.4, 0.5) is 0 Å². The molecule has 1 aliphatic carbocycles. The summed E-state index contributed by atoms with van der Waals surface area (Å²) in [7, 11) is 0. The van der Waals surface area contributed by atoms with Gasteiger partial charge in [-0.3, -0.25) is 9.59 Å². The van der Waals surface area contributed by atoms with Gasteiger partial charge in [0.1, 0.15) is 5.75 Å². The van der Waals surface area contributed by atoms with E-state index in [1.165, 1.54) is 19.8 Å². The van der Waals surface area contributed by atoms with E-state index in [0.717, 1.165) is 10.0 Å². The van der Waals surface area contributed by atoms with Crippen LogP contribution in [0.5, 0.6) is 5.75 Å². The number of amides is 1. The summed E-state index contributed by atoms with van der Waals surface area (Å²) in [5.74, 6) is 0.859. The van der Waals surface area contributed by atoms with Crippen molar-refractivity contribution in [2.45, 2.75) is 39.3 Å². The molecule has 1 aliphatic rings. The number of rotatable bonds is 8. The van der Waals surface area contributed by atoms with Crippen LogP contribution in [-0.4, -0.2) is 29.2 Å². The van der Waals surface area contributed by atoms with Gasteiger partial charge in [0.2, 0.25) is 0 Å². The van der Waals surface area contributed by atoms with Crippen molar-refractivity contribution in [1.29, 1.82) is 0 Å². The van der Waals surface area contributed by atoms with Crippen LogP contribution in [0.2, 0.25) is 0 Å². The molecule has 0 aliphatic heterocycles. The first-order valence-electron chi connectivity index (χ1n) is 9.22. The summed E-state index contributed by atoms with van der Waals surface area (Å²) in [6.07, 6.45) is 2.34. The minimum Gasteiger partial charge on any atom is -0.483 e. The maximum atomic E-state index is 12.9. The first-order chi connectivity index (χ1) is 13.0. The highest BCUT2D eigenvalue weighted by atomic mass is 79.9. The van der Waals surface area contributed by atoms with Crippen molar-refractivity contribution in [3.63, 3.8) is 0 Å². The van der Waals surface area contributed by atoms with Crippen LogP contribution in [0.3, 0.4) is 0 Å². The normalized spacial score (nSPS) is 14.5. The summed E-state index contributed by atoms with van der Waals surface area (Å²) in [4.78, 5) is 26.7. The maximum absolute atomic E-state index is 12.9. The lowest BCUT2D eigenvalue weighted by molar-refractivity contribution is -0.136. The average Bonchev–Trinajstić information content (AvgIpc) is 3.50. The lowest BCUT2D eigenvalue weighted by Gasteiger charge is -2.29. The van der Waals surface area contributed by atoms with E-state index >= 15 is 0 Å². The SMILES string of the molecule is CC(=O)c1cc(Br)ccc1OCC(=O)N(Cc1ccccc1)[C@@H](C)C1CC1. The number of ether oxygens (including phenoxy) is 1. The van der Waals surface area contributed by atoms with Crippen molar-refractivity contribution in [3.05, 3.63) is 64.1 Å². The summed E-state index contributed by atoms with van der Waals surface area (Å²) >= 11 is 3.36. The standard InChI is InChI=1S/C22H24BrNO3/c1-15(18-8-9-18)24(13-17-6-4-3-5-7-17)22(26)14-27-21-11-10-19(23)12-20(21)16(2)25/h3-7,10-12,15,18H,8-9,13-14H2,1-2H3/t15-/m0/s1. The molecule has 0 spiro atoms. The molecule has 1 fully saturated rings. The minimum absolute atomic E-state index is 0.0596. The fraction of sp³-hybridized carbons (Fsp3) is 0.364. The van der Waals surface area contributed by atoms with Gasteiger partial charge < -0.3 is 9.64 Å². The fourth-order valence-electron chi connectivity index (χ4n) is 3.20. The predicted octanol–water partition coefficient (Wildman–Crippen LogP) is 4.86. The Morgan fingerprint density at radius 1 is 1.19 bits per heavy atom. The van der Waals surface area contributed by atoms with Gasteiger partial charge in [-0.1, -0.05) is 46.3 Å². The average molecular weight is 430 g/mol. The molecule has 0 radical (unpaired) electrons. The number of nitrogens with zero attached hydrogens (tertiary/aromatic N) is 1. The molecule has 0 heterocycles. The molecule has 142 valence electrons. The van der Waals surface area contributed by atoms with Crippen molar-refractivity contribution >= 4 is 27.6 Å². The van der Waals surface area contributed by atoms with E-state index in [1.54, 1.807) is 18.2 Å². The number of benzene rings is 2. The van der Waals surface area contributed by atoms with Gasteiger partial charge in [-0.2, -0.15) is 0 Å². The molecule has 0 bridgehead atoms. The minimum atomic E-state index is -0.0914. The predicted molar refractivity (Wildman–Crippen MR) is 109 cm³/mol. The lowest BCUT2D eigenvalue weighted by Crippen LogP contribution is -2.42. The number of halogens is 1. The Hall–Kier alpha value is -2.14. The molecule has 0 saturated heterocycles. The van der Waals surface area contributed by atoms with E-state index in [0.29, 0.717) is 23.8 Å². The highest BCUT2D eigenvalue weighted by molar-refractivity contribution is 9.10. The van der Waals surface area contributed by atoms with Gasteiger partial charge >= 0.3 is 0 Å². The Morgan fingerprint density at radius 2 is 1.89 bits per heavy atom. The third-order valence-corrected chi connectivity index (χ3v) is 5.48. The smallest absolute Gasteiger partial charge is 0.261 e. The van der Waals surface area contributed by atoms with Crippen LogP contribution in [-0.2, 0) is 11.3 Å². The number of carbonyl (C=O) groups excluding carboxylic acids is 2. The molecule has 0 aromatic heterocycles.